The van der Waals surface area contributed by atoms with E-state index in [0.29, 0.717) is 31.7 Å². The Kier molecular flexibility index (Phi) is 7.31. The molecule has 3 rings (SSSR count). The fraction of sp³-hybridized carbons (Fsp3) is 0.400. The number of sulfonamides is 1. The molecule has 1 aromatic carbocycles. The third kappa shape index (κ3) is 5.60. The minimum Gasteiger partial charge on any atom is -0.490 e. The number of nitrogens with one attached hydrogen (secondary N) is 1. The summed E-state index contributed by atoms with van der Waals surface area (Å²) in [6, 6.07) is 7.61. The van der Waals surface area contributed by atoms with Crippen LogP contribution in [-0.2, 0) is 21.9 Å². The molecule has 0 unspecified atom stereocenters. The van der Waals surface area contributed by atoms with E-state index >= 15 is 0 Å². The highest BCUT2D eigenvalue weighted by Crippen LogP contribution is 2.28. The molecule has 1 fully saturated rings. The van der Waals surface area contributed by atoms with Crippen LogP contribution in [0.5, 0.6) is 5.75 Å². The third-order valence-corrected chi connectivity index (χ3v) is 7.53. The first-order valence-corrected chi connectivity index (χ1v) is 11.9. The topological polar surface area (TPSA) is 97.7 Å². The summed E-state index contributed by atoms with van der Waals surface area (Å²) in [7, 11) is -2.34. The average Bonchev–Trinajstić information content (AvgIpc) is 2.70. The maximum absolute atomic E-state index is 12.5. The van der Waals surface area contributed by atoms with Crippen molar-refractivity contribution in [3.63, 3.8) is 0 Å². The van der Waals surface area contributed by atoms with Crippen molar-refractivity contribution in [3.8, 4) is 5.75 Å². The van der Waals surface area contributed by atoms with E-state index in [1.165, 1.54) is 28.8 Å². The van der Waals surface area contributed by atoms with Gasteiger partial charge in [0, 0.05) is 44.7 Å². The molecule has 0 aliphatic carbocycles. The molecule has 0 atom stereocenters. The normalized spacial score (nSPS) is 15.2. The quantitative estimate of drug-likeness (QED) is 0.674. The minimum atomic E-state index is -4.04. The number of aromatic nitrogens is 1. The van der Waals surface area contributed by atoms with E-state index in [0.717, 1.165) is 5.69 Å². The number of pyridine rings is 1. The van der Waals surface area contributed by atoms with E-state index < -0.39 is 16.6 Å². The SMILES string of the molecule is Cc1cc(OC2CCN(C(=O)CNS(=O)(=O)c3c(Cl)cccc3Cl)CC2)cc(=O)n1C. The minimum absolute atomic E-state index is 0.0172. The number of hydrogen-bond donors (Lipinski definition) is 1. The van der Waals surface area contributed by atoms with Crippen LogP contribution < -0.4 is 15.0 Å². The molecule has 0 spiro atoms. The summed E-state index contributed by atoms with van der Waals surface area (Å²) in [5.74, 6) is 0.157. The van der Waals surface area contributed by atoms with E-state index in [9.17, 15) is 18.0 Å². The van der Waals surface area contributed by atoms with Gasteiger partial charge in [-0.1, -0.05) is 29.3 Å². The molecule has 1 aliphatic rings. The van der Waals surface area contributed by atoms with Gasteiger partial charge < -0.3 is 14.2 Å². The molecule has 0 radical (unpaired) electrons. The van der Waals surface area contributed by atoms with Gasteiger partial charge in [-0.3, -0.25) is 9.59 Å². The zero-order valence-electron chi connectivity index (χ0n) is 17.1. The second kappa shape index (κ2) is 9.60. The first kappa shape index (κ1) is 23.6. The fourth-order valence-electron chi connectivity index (χ4n) is 3.30. The number of carbonyl (C=O) groups excluding carboxylic acids is 1. The molecule has 11 heteroatoms. The van der Waals surface area contributed by atoms with Crippen LogP contribution in [0, 0.1) is 6.92 Å². The van der Waals surface area contributed by atoms with E-state index in [1.54, 1.807) is 18.0 Å². The number of amides is 1. The van der Waals surface area contributed by atoms with Crippen LogP contribution in [0.4, 0.5) is 0 Å². The molecule has 1 aromatic heterocycles. The van der Waals surface area contributed by atoms with Gasteiger partial charge in [0.05, 0.1) is 16.6 Å². The summed E-state index contributed by atoms with van der Waals surface area (Å²) in [4.78, 5) is 25.7. The van der Waals surface area contributed by atoms with E-state index in [2.05, 4.69) is 4.72 Å². The van der Waals surface area contributed by atoms with Crippen molar-refractivity contribution < 1.29 is 17.9 Å². The first-order valence-electron chi connectivity index (χ1n) is 9.64. The summed E-state index contributed by atoms with van der Waals surface area (Å²) >= 11 is 11.9. The Bertz CT molecular complexity index is 1120. The molecule has 8 nitrogen and oxygen atoms in total. The van der Waals surface area contributed by atoms with Crippen LogP contribution in [-0.4, -0.2) is 49.5 Å². The second-order valence-corrected chi connectivity index (χ2v) is 9.82. The van der Waals surface area contributed by atoms with E-state index in [4.69, 9.17) is 27.9 Å². The van der Waals surface area contributed by atoms with Crippen molar-refractivity contribution in [2.45, 2.75) is 30.8 Å². The number of likely N-dealkylation sites (tertiary alicyclic amines) is 1. The lowest BCUT2D eigenvalue weighted by Gasteiger charge is -2.32. The highest BCUT2D eigenvalue weighted by atomic mass is 35.5. The smallest absolute Gasteiger partial charge is 0.254 e. The Balaban J connectivity index is 1.54. The Morgan fingerprint density at radius 2 is 1.81 bits per heavy atom. The highest BCUT2D eigenvalue weighted by molar-refractivity contribution is 7.89. The number of rotatable bonds is 6. The molecule has 1 aliphatic heterocycles. The van der Waals surface area contributed by atoms with Crippen molar-refractivity contribution in [3.05, 3.63) is 56.4 Å². The second-order valence-electron chi connectivity index (χ2n) is 7.30. The Labute approximate surface area is 190 Å². The predicted molar refractivity (Wildman–Crippen MR) is 118 cm³/mol. The molecule has 0 saturated carbocycles. The first-order chi connectivity index (χ1) is 14.6. The molecule has 1 amide bonds. The van der Waals surface area contributed by atoms with E-state index in [-0.39, 0.29) is 32.5 Å². The lowest BCUT2D eigenvalue weighted by molar-refractivity contribution is -0.131. The van der Waals surface area contributed by atoms with Gasteiger partial charge in [-0.15, -0.1) is 0 Å². The lowest BCUT2D eigenvalue weighted by atomic mass is 10.1. The van der Waals surface area contributed by atoms with Crippen LogP contribution >= 0.6 is 23.2 Å². The van der Waals surface area contributed by atoms with Crippen LogP contribution in [0.15, 0.2) is 40.0 Å². The van der Waals surface area contributed by atoms with Gasteiger partial charge >= 0.3 is 0 Å². The maximum atomic E-state index is 12.5. The van der Waals surface area contributed by atoms with Gasteiger partial charge in [0.25, 0.3) is 5.56 Å². The number of aryl methyl sites for hydroxylation is 1. The molecular formula is C20H23Cl2N3O5S. The van der Waals surface area contributed by atoms with Crippen molar-refractivity contribution in [2.24, 2.45) is 7.05 Å². The van der Waals surface area contributed by atoms with Crippen molar-refractivity contribution in [1.82, 2.24) is 14.2 Å². The third-order valence-electron chi connectivity index (χ3n) is 5.18. The zero-order chi connectivity index (χ0) is 22.8. The highest BCUT2D eigenvalue weighted by Gasteiger charge is 2.27. The largest absolute Gasteiger partial charge is 0.490 e. The van der Waals surface area contributed by atoms with E-state index in [1.807, 2.05) is 6.92 Å². The van der Waals surface area contributed by atoms with Gasteiger partial charge in [-0.2, -0.15) is 0 Å². The van der Waals surface area contributed by atoms with Gasteiger partial charge in [0.2, 0.25) is 15.9 Å². The molecular weight excluding hydrogens is 465 g/mol. The number of hydrogen-bond acceptors (Lipinski definition) is 5. The fourth-order valence-corrected chi connectivity index (χ4v) is 5.41. The summed E-state index contributed by atoms with van der Waals surface area (Å²) in [6.07, 6.45) is 1.01. The molecule has 168 valence electrons. The summed E-state index contributed by atoms with van der Waals surface area (Å²) in [5.41, 5.74) is 0.648. The molecule has 0 bridgehead atoms. The molecule has 2 heterocycles. The van der Waals surface area contributed by atoms with Crippen LogP contribution in [0.25, 0.3) is 0 Å². The summed E-state index contributed by atoms with van der Waals surface area (Å²) < 4.78 is 34.7. The van der Waals surface area contributed by atoms with Crippen molar-refractivity contribution >= 4 is 39.1 Å². The van der Waals surface area contributed by atoms with Crippen LogP contribution in [0.1, 0.15) is 18.5 Å². The monoisotopic (exact) mass is 487 g/mol. The number of nitrogens with zero attached hydrogens (tertiary/aromatic N) is 2. The Hall–Kier alpha value is -2.07. The average molecular weight is 488 g/mol. The van der Waals surface area contributed by atoms with Gasteiger partial charge in [-0.25, -0.2) is 13.1 Å². The van der Waals surface area contributed by atoms with Crippen LogP contribution in [0.2, 0.25) is 10.0 Å². The number of halogens is 2. The summed E-state index contributed by atoms with van der Waals surface area (Å²) in [5, 5.41) is -0.0345. The summed E-state index contributed by atoms with van der Waals surface area (Å²) in [6.45, 7) is 2.26. The van der Waals surface area contributed by atoms with Crippen LogP contribution in [0.3, 0.4) is 0 Å². The zero-order valence-corrected chi connectivity index (χ0v) is 19.4. The Morgan fingerprint density at radius 1 is 1.19 bits per heavy atom. The number of benzene rings is 1. The lowest BCUT2D eigenvalue weighted by Crippen LogP contribution is -2.46. The Morgan fingerprint density at radius 3 is 2.39 bits per heavy atom. The van der Waals surface area contributed by atoms with Gasteiger partial charge in [0.1, 0.15) is 16.7 Å². The number of carbonyl (C=O) groups is 1. The van der Waals surface area contributed by atoms with Crippen molar-refractivity contribution in [2.75, 3.05) is 19.6 Å². The molecule has 1 N–H and O–H groups in total. The molecule has 2 aromatic rings. The predicted octanol–water partition coefficient (Wildman–Crippen LogP) is 2.35. The van der Waals surface area contributed by atoms with Gasteiger partial charge in [-0.05, 0) is 25.1 Å². The van der Waals surface area contributed by atoms with Crippen molar-refractivity contribution in [1.29, 1.82) is 0 Å². The number of ether oxygens (including phenoxy) is 1. The standard InChI is InChI=1S/C20H23Cl2N3O5S/c1-13-10-15(11-18(26)24(13)2)30-14-6-8-25(9-7-14)19(27)12-23-31(28,29)20-16(21)4-3-5-17(20)22/h3-5,10-11,14,23H,6-9,12H2,1-2H3. The molecule has 31 heavy (non-hydrogen) atoms. The molecule has 1 saturated heterocycles. The maximum Gasteiger partial charge on any atom is 0.254 e. The van der Waals surface area contributed by atoms with Gasteiger partial charge in [0.15, 0.2) is 0 Å². The number of piperidine rings is 1.